The molecule has 0 radical (unpaired) electrons. The third kappa shape index (κ3) is 6.70. The molecular weight excluding hydrogens is 363 g/mol. The van der Waals surface area contributed by atoms with Crippen molar-refractivity contribution in [3.8, 4) is 11.5 Å². The van der Waals surface area contributed by atoms with E-state index in [0.29, 0.717) is 5.56 Å². The fourth-order valence-corrected chi connectivity index (χ4v) is 3.35. The van der Waals surface area contributed by atoms with E-state index in [2.05, 4.69) is 35.8 Å². The van der Waals surface area contributed by atoms with Gasteiger partial charge in [-0.05, 0) is 44.9 Å². The number of nitrogens with one attached hydrogen (secondary N) is 1. The lowest BCUT2D eigenvalue weighted by molar-refractivity contribution is -0.138. The smallest absolute Gasteiger partial charge is 0.416 e. The van der Waals surface area contributed by atoms with E-state index in [4.69, 9.17) is 0 Å². The molecule has 0 aliphatic carbocycles. The van der Waals surface area contributed by atoms with Gasteiger partial charge < -0.3 is 4.55 Å². The zero-order valence-corrected chi connectivity index (χ0v) is 17.6. The number of benzene rings is 1. The Hall–Kier alpha value is -0.943. The van der Waals surface area contributed by atoms with Gasteiger partial charge in [0.15, 0.2) is 0 Å². The maximum atomic E-state index is 13.2. The van der Waals surface area contributed by atoms with Crippen molar-refractivity contribution in [2.75, 3.05) is 0 Å². The molecule has 1 aromatic carbocycles. The monoisotopic (exact) mass is 389 g/mol. The van der Waals surface area contributed by atoms with Crippen LogP contribution in [0.25, 0.3) is 0 Å². The molecular formula is C18H26F3NOSSi. The third-order valence-corrected chi connectivity index (χ3v) is 5.82. The Morgan fingerprint density at radius 2 is 1.72 bits per heavy atom. The lowest BCUT2D eigenvalue weighted by Gasteiger charge is -2.27. The molecule has 0 saturated heterocycles. The van der Waals surface area contributed by atoms with Crippen molar-refractivity contribution >= 4 is 19.4 Å². The third-order valence-electron chi connectivity index (χ3n) is 3.36. The van der Waals surface area contributed by atoms with Gasteiger partial charge >= 0.3 is 6.18 Å². The molecule has 1 N–H and O–H groups in total. The minimum Gasteiger partial charge on any atom is -0.598 e. The summed E-state index contributed by atoms with van der Waals surface area (Å²) in [4.78, 5) is 0. The van der Waals surface area contributed by atoms with Gasteiger partial charge in [0.1, 0.15) is 18.9 Å². The average molecular weight is 390 g/mol. The molecule has 2 atom stereocenters. The SMILES string of the molecule is Cc1c(C(C#C[Si](C)(C)C)N[S+]([O-])C(C)(C)C)cccc1C(F)(F)F. The Balaban J connectivity index is 3.40. The van der Waals surface area contributed by atoms with Gasteiger partial charge in [0, 0.05) is 11.4 Å². The van der Waals surface area contributed by atoms with Gasteiger partial charge in [0.2, 0.25) is 0 Å². The first-order valence-corrected chi connectivity index (χ1v) is 12.7. The van der Waals surface area contributed by atoms with Crippen molar-refractivity contribution in [3.05, 3.63) is 34.9 Å². The summed E-state index contributed by atoms with van der Waals surface area (Å²) in [5.74, 6) is 3.04. The van der Waals surface area contributed by atoms with Crippen LogP contribution in [-0.2, 0) is 17.5 Å². The van der Waals surface area contributed by atoms with Gasteiger partial charge in [-0.2, -0.15) is 13.2 Å². The number of alkyl halides is 3. The van der Waals surface area contributed by atoms with Crippen molar-refractivity contribution in [1.29, 1.82) is 0 Å². The number of hydrogen-bond donors (Lipinski definition) is 1. The van der Waals surface area contributed by atoms with Gasteiger partial charge in [-0.15, -0.1) is 10.3 Å². The maximum Gasteiger partial charge on any atom is 0.416 e. The Morgan fingerprint density at radius 3 is 2.16 bits per heavy atom. The van der Waals surface area contributed by atoms with Crippen molar-refractivity contribution in [1.82, 2.24) is 4.72 Å². The molecule has 1 rings (SSSR count). The van der Waals surface area contributed by atoms with Crippen molar-refractivity contribution < 1.29 is 17.7 Å². The summed E-state index contributed by atoms with van der Waals surface area (Å²) >= 11 is -1.45. The average Bonchev–Trinajstić information content (AvgIpc) is 2.40. The molecule has 0 aromatic heterocycles. The van der Waals surface area contributed by atoms with E-state index < -0.39 is 42.0 Å². The summed E-state index contributed by atoms with van der Waals surface area (Å²) in [5.41, 5.74) is 3.02. The van der Waals surface area contributed by atoms with E-state index in [0.717, 1.165) is 6.07 Å². The van der Waals surface area contributed by atoms with Crippen LogP contribution in [0.15, 0.2) is 18.2 Å². The molecule has 7 heteroatoms. The largest absolute Gasteiger partial charge is 0.598 e. The first kappa shape index (κ1) is 22.1. The summed E-state index contributed by atoms with van der Waals surface area (Å²) in [6.07, 6.45) is -4.43. The lowest BCUT2D eigenvalue weighted by atomic mass is 9.97. The summed E-state index contributed by atoms with van der Waals surface area (Å²) in [6.45, 7) is 13.0. The van der Waals surface area contributed by atoms with Crippen LogP contribution in [0.5, 0.6) is 0 Å². The minimum atomic E-state index is -4.43. The van der Waals surface area contributed by atoms with Crippen LogP contribution in [0.2, 0.25) is 19.6 Å². The van der Waals surface area contributed by atoms with Crippen LogP contribution >= 0.6 is 0 Å². The van der Waals surface area contributed by atoms with Crippen LogP contribution in [-0.4, -0.2) is 17.4 Å². The molecule has 25 heavy (non-hydrogen) atoms. The molecule has 2 unspecified atom stereocenters. The summed E-state index contributed by atoms with van der Waals surface area (Å²) in [7, 11) is -1.74. The number of halogens is 3. The number of hydrogen-bond acceptors (Lipinski definition) is 2. The molecule has 1 aromatic rings. The Bertz CT molecular complexity index is 666. The van der Waals surface area contributed by atoms with E-state index in [-0.39, 0.29) is 5.56 Å². The first-order chi connectivity index (χ1) is 11.1. The van der Waals surface area contributed by atoms with E-state index in [1.165, 1.54) is 13.0 Å². The molecule has 0 heterocycles. The highest BCUT2D eigenvalue weighted by molar-refractivity contribution is 7.90. The predicted octanol–water partition coefficient (Wildman–Crippen LogP) is 4.99. The predicted molar refractivity (Wildman–Crippen MR) is 101 cm³/mol. The van der Waals surface area contributed by atoms with Gasteiger partial charge in [0.25, 0.3) is 0 Å². The maximum absolute atomic E-state index is 13.2. The molecule has 0 fully saturated rings. The fraction of sp³-hybridized carbons (Fsp3) is 0.556. The highest BCUT2D eigenvalue weighted by atomic mass is 32.2. The van der Waals surface area contributed by atoms with Crippen LogP contribution in [0.4, 0.5) is 13.2 Å². The Morgan fingerprint density at radius 1 is 1.16 bits per heavy atom. The van der Waals surface area contributed by atoms with E-state index in [1.54, 1.807) is 26.8 Å². The first-order valence-electron chi connectivity index (χ1n) is 8.00. The molecule has 0 aliphatic rings. The second kappa shape index (κ2) is 7.75. The zero-order valence-electron chi connectivity index (χ0n) is 15.8. The van der Waals surface area contributed by atoms with Crippen molar-refractivity contribution in [2.45, 2.75) is 64.3 Å². The molecule has 0 amide bonds. The quantitative estimate of drug-likeness (QED) is 0.449. The normalized spacial score (nSPS) is 15.3. The van der Waals surface area contributed by atoms with Gasteiger partial charge in [-0.3, -0.25) is 0 Å². The second-order valence-electron chi connectivity index (χ2n) is 7.97. The second-order valence-corrected chi connectivity index (χ2v) is 14.7. The van der Waals surface area contributed by atoms with Crippen LogP contribution in [0.1, 0.15) is 43.5 Å². The zero-order chi connectivity index (χ0) is 19.6. The molecule has 2 nitrogen and oxygen atoms in total. The van der Waals surface area contributed by atoms with E-state index >= 15 is 0 Å². The fourth-order valence-electron chi connectivity index (χ4n) is 2.02. The van der Waals surface area contributed by atoms with Gasteiger partial charge in [0.05, 0.1) is 5.56 Å². The topological polar surface area (TPSA) is 35.1 Å². The van der Waals surface area contributed by atoms with E-state index in [1.807, 2.05) is 0 Å². The van der Waals surface area contributed by atoms with Gasteiger partial charge in [-0.25, -0.2) is 0 Å². The highest BCUT2D eigenvalue weighted by Crippen LogP contribution is 2.35. The Labute approximate surface area is 152 Å². The Kier molecular flexibility index (Phi) is 6.85. The standard InChI is InChI=1S/C18H26F3NOSSi/c1-13-14(9-8-10-15(13)18(19,20)21)16(11-12-25(5,6)7)22-24(23)17(2,3)4/h8-10,16,22H,1-7H3. The summed E-state index contributed by atoms with van der Waals surface area (Å²) < 4.78 is 54.5. The molecule has 140 valence electrons. The van der Waals surface area contributed by atoms with Crippen LogP contribution in [0, 0.1) is 18.4 Å². The molecule has 0 spiro atoms. The minimum absolute atomic E-state index is 0.114. The molecule has 0 saturated carbocycles. The van der Waals surface area contributed by atoms with E-state index in [9.17, 15) is 17.7 Å². The summed E-state index contributed by atoms with van der Waals surface area (Å²) in [5, 5.41) is 0. The molecule has 0 aliphatic heterocycles. The summed E-state index contributed by atoms with van der Waals surface area (Å²) in [6, 6.07) is 3.33. The lowest BCUT2D eigenvalue weighted by Crippen LogP contribution is -2.41. The highest BCUT2D eigenvalue weighted by Gasteiger charge is 2.35. The van der Waals surface area contributed by atoms with Crippen LogP contribution < -0.4 is 4.72 Å². The van der Waals surface area contributed by atoms with Gasteiger partial charge in [-0.1, -0.05) is 37.7 Å². The molecule has 0 bridgehead atoms. The van der Waals surface area contributed by atoms with Crippen molar-refractivity contribution in [3.63, 3.8) is 0 Å². The number of rotatable bonds is 3. The van der Waals surface area contributed by atoms with Crippen molar-refractivity contribution in [2.24, 2.45) is 0 Å². The van der Waals surface area contributed by atoms with Crippen LogP contribution in [0.3, 0.4) is 0 Å².